The highest BCUT2D eigenvalue weighted by molar-refractivity contribution is 9.10. The van der Waals surface area contributed by atoms with Crippen LogP contribution in [0.1, 0.15) is 37.0 Å². The number of aliphatic hydroxyl groups is 1. The van der Waals surface area contributed by atoms with E-state index in [1.54, 1.807) is 0 Å². The van der Waals surface area contributed by atoms with Gasteiger partial charge in [0, 0.05) is 4.47 Å². The van der Waals surface area contributed by atoms with E-state index in [1.807, 2.05) is 25.1 Å². The monoisotopic (exact) mass is 242 g/mol. The van der Waals surface area contributed by atoms with Crippen LogP contribution in [0.25, 0.3) is 0 Å². The summed E-state index contributed by atoms with van der Waals surface area (Å²) in [5.41, 5.74) is 2.20. The smallest absolute Gasteiger partial charge is 0.0800 e. The Bertz CT molecular complexity index is 283. The van der Waals surface area contributed by atoms with Crippen LogP contribution in [-0.4, -0.2) is 5.11 Å². The molecule has 0 aliphatic heterocycles. The molecule has 72 valence electrons. The van der Waals surface area contributed by atoms with E-state index in [1.165, 1.54) is 5.56 Å². The van der Waals surface area contributed by atoms with Gasteiger partial charge in [0.1, 0.15) is 0 Å². The first-order chi connectivity index (χ1) is 6.15. The Balaban J connectivity index is 2.88. The van der Waals surface area contributed by atoms with Gasteiger partial charge in [0.15, 0.2) is 0 Å². The van der Waals surface area contributed by atoms with E-state index in [4.69, 9.17) is 0 Å². The maximum Gasteiger partial charge on any atom is 0.0800 e. The molecular weight excluding hydrogens is 228 g/mol. The zero-order valence-electron chi connectivity index (χ0n) is 8.05. The fourth-order valence-corrected chi connectivity index (χ4v) is 2.09. The number of hydrogen-bond donors (Lipinski definition) is 1. The Hall–Kier alpha value is -0.340. The molecule has 0 radical (unpaired) electrons. The highest BCUT2D eigenvalue weighted by Crippen LogP contribution is 2.27. The van der Waals surface area contributed by atoms with Gasteiger partial charge in [0.05, 0.1) is 6.10 Å². The summed E-state index contributed by atoms with van der Waals surface area (Å²) in [7, 11) is 0. The fourth-order valence-electron chi connectivity index (χ4n) is 1.33. The summed E-state index contributed by atoms with van der Waals surface area (Å²) in [6, 6.07) is 6.05. The van der Waals surface area contributed by atoms with Gasteiger partial charge in [-0.25, -0.2) is 0 Å². The minimum atomic E-state index is -0.333. The molecule has 0 fully saturated rings. The summed E-state index contributed by atoms with van der Waals surface area (Å²) in [6.45, 7) is 4.12. The van der Waals surface area contributed by atoms with Crippen LogP contribution in [0.4, 0.5) is 0 Å². The number of rotatable bonds is 3. The van der Waals surface area contributed by atoms with E-state index < -0.39 is 0 Å². The van der Waals surface area contributed by atoms with Crippen molar-refractivity contribution in [1.29, 1.82) is 0 Å². The van der Waals surface area contributed by atoms with Crippen LogP contribution in [0.5, 0.6) is 0 Å². The minimum absolute atomic E-state index is 0.333. The van der Waals surface area contributed by atoms with Crippen LogP contribution < -0.4 is 0 Å². The summed E-state index contributed by atoms with van der Waals surface area (Å²) < 4.78 is 1.01. The Morgan fingerprint density at radius 3 is 2.69 bits per heavy atom. The molecule has 1 aromatic carbocycles. The van der Waals surface area contributed by atoms with E-state index in [-0.39, 0.29) is 6.10 Å². The Labute approximate surface area is 87.9 Å². The highest BCUT2D eigenvalue weighted by atomic mass is 79.9. The predicted octanol–water partition coefficient (Wildman–Crippen LogP) is 3.59. The van der Waals surface area contributed by atoms with Gasteiger partial charge < -0.3 is 5.11 Å². The molecule has 0 heterocycles. The molecule has 0 saturated carbocycles. The number of benzene rings is 1. The molecule has 0 amide bonds. The normalized spacial score (nSPS) is 12.9. The van der Waals surface area contributed by atoms with E-state index in [0.717, 1.165) is 22.9 Å². The second-order valence-corrected chi connectivity index (χ2v) is 4.18. The maximum absolute atomic E-state index is 9.76. The third-order valence-corrected chi connectivity index (χ3v) is 2.76. The minimum Gasteiger partial charge on any atom is -0.388 e. The summed E-state index contributed by atoms with van der Waals surface area (Å²) in [4.78, 5) is 0. The van der Waals surface area contributed by atoms with Gasteiger partial charge in [-0.2, -0.15) is 0 Å². The van der Waals surface area contributed by atoms with Crippen LogP contribution in [0.15, 0.2) is 22.7 Å². The van der Waals surface area contributed by atoms with Crippen molar-refractivity contribution in [1.82, 2.24) is 0 Å². The lowest BCUT2D eigenvalue weighted by molar-refractivity contribution is 0.165. The van der Waals surface area contributed by atoms with Gasteiger partial charge in [0.2, 0.25) is 0 Å². The van der Waals surface area contributed by atoms with Crippen LogP contribution in [0.3, 0.4) is 0 Å². The first-order valence-electron chi connectivity index (χ1n) is 4.59. The van der Waals surface area contributed by atoms with Crippen molar-refractivity contribution >= 4 is 15.9 Å². The van der Waals surface area contributed by atoms with Gasteiger partial charge in [-0.05, 0) is 30.5 Å². The molecule has 0 spiro atoms. The number of aryl methyl sites for hydroxylation is 1. The van der Waals surface area contributed by atoms with Crippen molar-refractivity contribution in [2.24, 2.45) is 0 Å². The van der Waals surface area contributed by atoms with Crippen molar-refractivity contribution in [2.75, 3.05) is 0 Å². The molecule has 0 aliphatic rings. The van der Waals surface area contributed by atoms with E-state index >= 15 is 0 Å². The fraction of sp³-hybridized carbons (Fsp3) is 0.455. The van der Waals surface area contributed by atoms with Crippen molar-refractivity contribution in [3.05, 3.63) is 33.8 Å². The molecule has 2 heteroatoms. The van der Waals surface area contributed by atoms with Gasteiger partial charge in [0.25, 0.3) is 0 Å². The molecule has 0 saturated heterocycles. The molecule has 1 aromatic rings. The van der Waals surface area contributed by atoms with E-state index in [9.17, 15) is 5.11 Å². The molecule has 13 heavy (non-hydrogen) atoms. The SMILES string of the molecule is CCC[C@@H](O)c1ccc(C)cc1Br. The van der Waals surface area contributed by atoms with E-state index in [2.05, 4.69) is 22.9 Å². The van der Waals surface area contributed by atoms with Crippen molar-refractivity contribution < 1.29 is 5.11 Å². The standard InChI is InChI=1S/C11H15BrO/c1-3-4-11(13)9-6-5-8(2)7-10(9)12/h5-7,11,13H,3-4H2,1-2H3/t11-/m1/s1. The zero-order chi connectivity index (χ0) is 9.84. The molecular formula is C11H15BrO. The number of aliphatic hydroxyl groups excluding tert-OH is 1. The average Bonchev–Trinajstić information content (AvgIpc) is 2.04. The molecule has 0 bridgehead atoms. The molecule has 0 aromatic heterocycles. The zero-order valence-corrected chi connectivity index (χ0v) is 9.63. The Kier molecular flexibility index (Phi) is 3.94. The molecule has 1 N–H and O–H groups in total. The molecule has 1 atom stereocenters. The van der Waals surface area contributed by atoms with Crippen LogP contribution >= 0.6 is 15.9 Å². The maximum atomic E-state index is 9.76. The molecule has 1 nitrogen and oxygen atoms in total. The molecule has 0 unspecified atom stereocenters. The van der Waals surface area contributed by atoms with Crippen molar-refractivity contribution in [3.63, 3.8) is 0 Å². The van der Waals surface area contributed by atoms with Crippen LogP contribution in [0.2, 0.25) is 0 Å². The summed E-state index contributed by atoms with van der Waals surface area (Å²) in [5, 5.41) is 9.76. The third kappa shape index (κ3) is 2.82. The Morgan fingerprint density at radius 1 is 1.46 bits per heavy atom. The second kappa shape index (κ2) is 4.77. The van der Waals surface area contributed by atoms with E-state index in [0.29, 0.717) is 0 Å². The lowest BCUT2D eigenvalue weighted by atomic mass is 10.0. The van der Waals surface area contributed by atoms with Gasteiger partial charge in [-0.3, -0.25) is 0 Å². The predicted molar refractivity (Wildman–Crippen MR) is 58.7 cm³/mol. The van der Waals surface area contributed by atoms with Gasteiger partial charge in [-0.1, -0.05) is 41.4 Å². The van der Waals surface area contributed by atoms with Crippen molar-refractivity contribution in [2.45, 2.75) is 32.8 Å². The Morgan fingerprint density at radius 2 is 2.15 bits per heavy atom. The largest absolute Gasteiger partial charge is 0.388 e. The van der Waals surface area contributed by atoms with Crippen molar-refractivity contribution in [3.8, 4) is 0 Å². The molecule has 0 aliphatic carbocycles. The van der Waals surface area contributed by atoms with Crippen LogP contribution in [-0.2, 0) is 0 Å². The average molecular weight is 243 g/mol. The topological polar surface area (TPSA) is 20.2 Å². The third-order valence-electron chi connectivity index (χ3n) is 2.08. The summed E-state index contributed by atoms with van der Waals surface area (Å²) in [5.74, 6) is 0. The summed E-state index contributed by atoms with van der Waals surface area (Å²) in [6.07, 6.45) is 1.49. The number of halogens is 1. The lowest BCUT2D eigenvalue weighted by Crippen LogP contribution is -1.97. The lowest BCUT2D eigenvalue weighted by Gasteiger charge is -2.11. The highest BCUT2D eigenvalue weighted by Gasteiger charge is 2.09. The molecule has 1 rings (SSSR count). The van der Waals surface area contributed by atoms with Gasteiger partial charge >= 0.3 is 0 Å². The quantitative estimate of drug-likeness (QED) is 0.860. The number of hydrogen-bond acceptors (Lipinski definition) is 1. The van der Waals surface area contributed by atoms with Crippen LogP contribution in [0, 0.1) is 6.92 Å². The first kappa shape index (κ1) is 10.7. The second-order valence-electron chi connectivity index (χ2n) is 3.33. The first-order valence-corrected chi connectivity index (χ1v) is 5.38. The summed E-state index contributed by atoms with van der Waals surface area (Å²) >= 11 is 3.46. The van der Waals surface area contributed by atoms with Gasteiger partial charge in [-0.15, -0.1) is 0 Å².